The van der Waals surface area contributed by atoms with Crippen LogP contribution in [0.1, 0.15) is 10.4 Å². The summed E-state index contributed by atoms with van der Waals surface area (Å²) in [5.74, 6) is -2.29. The normalized spacial score (nSPS) is 12.1. The first-order valence-corrected chi connectivity index (χ1v) is 10.8. The van der Waals surface area contributed by atoms with Crippen LogP contribution in [0.15, 0.2) is 68.6 Å². The van der Waals surface area contributed by atoms with E-state index >= 15 is 0 Å². The molecular formula is C17H12N2NaO9S2. The maximum Gasteiger partial charge on any atom is 0.337 e. The molecule has 0 saturated heterocycles. The number of phenolic OH excluding ortho intramolecular Hbond substituents is 1. The number of aromatic hydroxyl groups is 1. The van der Waals surface area contributed by atoms with Crippen molar-refractivity contribution in [2.45, 2.75) is 9.79 Å². The molecule has 3 aromatic rings. The smallest absolute Gasteiger partial charge is 0.337 e. The maximum atomic E-state index is 11.6. The summed E-state index contributed by atoms with van der Waals surface area (Å²) in [4.78, 5) is 9.73. The van der Waals surface area contributed by atoms with E-state index in [1.165, 1.54) is 24.3 Å². The summed E-state index contributed by atoms with van der Waals surface area (Å²) in [6.07, 6.45) is 0. The molecule has 3 rings (SSSR count). The largest absolute Gasteiger partial charge is 0.504 e. The Kier molecular flexibility index (Phi) is 7.22. The van der Waals surface area contributed by atoms with Crippen LogP contribution in [0.3, 0.4) is 0 Å². The van der Waals surface area contributed by atoms with Crippen molar-refractivity contribution in [3.05, 3.63) is 54.1 Å². The SMILES string of the molecule is O=C(O)c1ccccc1N=Nc1c(O)c(S(=O)(=O)O)cc2cc(S(=O)(=O)O)ccc12.[Na]. The van der Waals surface area contributed by atoms with Gasteiger partial charge in [0.15, 0.2) is 5.75 Å². The van der Waals surface area contributed by atoms with E-state index < -0.39 is 47.4 Å². The maximum absolute atomic E-state index is 11.6. The van der Waals surface area contributed by atoms with Crippen molar-refractivity contribution >= 4 is 77.9 Å². The molecule has 0 atom stereocenters. The van der Waals surface area contributed by atoms with E-state index in [2.05, 4.69) is 10.2 Å². The predicted octanol–water partition coefficient (Wildman–Crippen LogP) is 2.77. The molecule has 0 saturated carbocycles. The molecule has 157 valence electrons. The minimum atomic E-state index is -4.96. The zero-order chi connectivity index (χ0) is 22.3. The van der Waals surface area contributed by atoms with Crippen LogP contribution in [0, 0.1) is 0 Å². The van der Waals surface area contributed by atoms with Crippen molar-refractivity contribution in [1.82, 2.24) is 0 Å². The summed E-state index contributed by atoms with van der Waals surface area (Å²) in [7, 11) is -9.59. The first kappa shape index (κ1) is 24.9. The van der Waals surface area contributed by atoms with E-state index in [4.69, 9.17) is 0 Å². The van der Waals surface area contributed by atoms with Gasteiger partial charge in [0.1, 0.15) is 16.3 Å². The van der Waals surface area contributed by atoms with Crippen LogP contribution in [0.5, 0.6) is 5.75 Å². The molecule has 0 spiro atoms. The molecule has 0 unspecified atom stereocenters. The van der Waals surface area contributed by atoms with E-state index in [9.17, 15) is 40.9 Å². The molecule has 0 aliphatic carbocycles. The Hall–Kier alpha value is -2.39. The second-order valence-corrected chi connectivity index (χ2v) is 8.74. The van der Waals surface area contributed by atoms with Crippen LogP contribution in [-0.4, -0.2) is 71.7 Å². The number of fused-ring (bicyclic) bond motifs is 1. The van der Waals surface area contributed by atoms with Crippen molar-refractivity contribution in [3.63, 3.8) is 0 Å². The van der Waals surface area contributed by atoms with Gasteiger partial charge in [-0.25, -0.2) is 4.79 Å². The van der Waals surface area contributed by atoms with E-state index in [0.717, 1.165) is 24.3 Å². The summed E-state index contributed by atoms with van der Waals surface area (Å²) >= 11 is 0. The summed E-state index contributed by atoms with van der Waals surface area (Å²) < 4.78 is 64.6. The Morgan fingerprint density at radius 2 is 1.52 bits per heavy atom. The Balaban J connectivity index is 0.00000341. The Bertz CT molecular complexity index is 1440. The third-order valence-electron chi connectivity index (χ3n) is 3.99. The second kappa shape index (κ2) is 9.00. The van der Waals surface area contributed by atoms with Gasteiger partial charge in [0, 0.05) is 34.9 Å². The fourth-order valence-corrected chi connectivity index (χ4v) is 3.77. The zero-order valence-electron chi connectivity index (χ0n) is 15.7. The summed E-state index contributed by atoms with van der Waals surface area (Å²) in [5.41, 5.74) is -0.795. The summed E-state index contributed by atoms with van der Waals surface area (Å²) in [6.45, 7) is 0. The number of rotatable bonds is 5. The van der Waals surface area contributed by atoms with Gasteiger partial charge in [-0.1, -0.05) is 18.2 Å². The molecule has 4 N–H and O–H groups in total. The van der Waals surface area contributed by atoms with Crippen LogP contribution >= 0.6 is 0 Å². The first-order valence-electron chi connectivity index (χ1n) is 7.88. The molecule has 0 bridgehead atoms. The van der Waals surface area contributed by atoms with E-state index in [0.29, 0.717) is 0 Å². The van der Waals surface area contributed by atoms with Crippen LogP contribution in [-0.2, 0) is 20.2 Å². The number of carbonyl (C=O) groups is 1. The van der Waals surface area contributed by atoms with Gasteiger partial charge in [0.2, 0.25) is 0 Å². The summed E-state index contributed by atoms with van der Waals surface area (Å²) in [5, 5.41) is 26.9. The minimum absolute atomic E-state index is 0. The van der Waals surface area contributed by atoms with Gasteiger partial charge in [0.25, 0.3) is 20.2 Å². The zero-order valence-corrected chi connectivity index (χ0v) is 19.3. The topological polar surface area (TPSA) is 191 Å². The van der Waals surface area contributed by atoms with Crippen LogP contribution in [0.25, 0.3) is 10.8 Å². The van der Waals surface area contributed by atoms with Gasteiger partial charge in [-0.2, -0.15) is 16.8 Å². The van der Waals surface area contributed by atoms with Crippen molar-refractivity contribution in [2.24, 2.45) is 10.2 Å². The Morgan fingerprint density at radius 3 is 2.10 bits per heavy atom. The third-order valence-corrected chi connectivity index (χ3v) is 5.71. The molecular weight excluding hydrogens is 463 g/mol. The van der Waals surface area contributed by atoms with Gasteiger partial charge in [0.05, 0.1) is 10.5 Å². The number of carboxylic acid groups (broad SMARTS) is 1. The average Bonchev–Trinajstić information content (AvgIpc) is 2.65. The van der Waals surface area contributed by atoms with E-state index in [1.807, 2.05) is 0 Å². The van der Waals surface area contributed by atoms with Crippen LogP contribution in [0.2, 0.25) is 0 Å². The third kappa shape index (κ3) is 5.27. The predicted molar refractivity (Wildman–Crippen MR) is 109 cm³/mol. The first-order chi connectivity index (χ1) is 13.9. The standard InChI is InChI=1S/C17H12N2O9S2.Na/c20-16-14(30(26,27)28)8-9-7-10(29(23,24)25)5-6-11(9)15(16)19-18-13-4-2-1-3-12(13)17(21)22;/h1-8,20H,(H,21,22)(H,23,24,25)(H,26,27,28);. The average molecular weight is 475 g/mol. The molecule has 0 fully saturated rings. The second-order valence-electron chi connectivity index (χ2n) is 5.93. The van der Waals surface area contributed by atoms with Crippen molar-refractivity contribution in [1.29, 1.82) is 0 Å². The van der Waals surface area contributed by atoms with E-state index in [1.54, 1.807) is 0 Å². The molecule has 1 radical (unpaired) electrons. The number of hydrogen-bond acceptors (Lipinski definition) is 8. The molecule has 11 nitrogen and oxygen atoms in total. The Labute approximate surface area is 197 Å². The Morgan fingerprint density at radius 1 is 0.871 bits per heavy atom. The molecule has 0 aromatic heterocycles. The number of azo groups is 1. The van der Waals surface area contributed by atoms with Gasteiger partial charge in [-0.3, -0.25) is 9.11 Å². The molecule has 0 aliphatic heterocycles. The fraction of sp³-hybridized carbons (Fsp3) is 0. The quantitative estimate of drug-likeness (QED) is 0.244. The van der Waals surface area contributed by atoms with Gasteiger partial charge in [-0.15, -0.1) is 10.2 Å². The van der Waals surface area contributed by atoms with Crippen molar-refractivity contribution in [2.75, 3.05) is 0 Å². The molecule has 0 aliphatic rings. The number of carboxylic acids is 1. The molecule has 0 heterocycles. The van der Waals surface area contributed by atoms with Gasteiger partial charge in [-0.05, 0) is 35.7 Å². The number of benzene rings is 3. The molecule has 14 heteroatoms. The fourth-order valence-electron chi connectivity index (χ4n) is 2.63. The molecule has 31 heavy (non-hydrogen) atoms. The number of hydrogen-bond donors (Lipinski definition) is 4. The van der Waals surface area contributed by atoms with Crippen LogP contribution < -0.4 is 0 Å². The van der Waals surface area contributed by atoms with Crippen LogP contribution in [0.4, 0.5) is 11.4 Å². The molecule has 0 amide bonds. The number of phenols is 1. The van der Waals surface area contributed by atoms with Gasteiger partial charge < -0.3 is 10.2 Å². The number of aromatic carboxylic acids is 1. The van der Waals surface area contributed by atoms with E-state index in [-0.39, 0.29) is 51.6 Å². The van der Waals surface area contributed by atoms with Gasteiger partial charge >= 0.3 is 5.97 Å². The summed E-state index contributed by atoms with van der Waals surface area (Å²) in [6, 6.07) is 9.30. The van der Waals surface area contributed by atoms with Crippen molar-refractivity contribution < 1.29 is 40.9 Å². The number of nitrogens with zero attached hydrogens (tertiary/aromatic N) is 2. The molecule has 3 aromatic carbocycles. The monoisotopic (exact) mass is 475 g/mol. The van der Waals surface area contributed by atoms with Crippen molar-refractivity contribution in [3.8, 4) is 5.75 Å². The minimum Gasteiger partial charge on any atom is -0.504 e.